The molecule has 3 N–H and O–H groups in total. The number of amides is 1. The van der Waals surface area contributed by atoms with Crippen LogP contribution in [0.15, 0.2) is 18.2 Å². The molecule has 4 heteroatoms. The summed E-state index contributed by atoms with van der Waals surface area (Å²) in [5, 5.41) is 0. The summed E-state index contributed by atoms with van der Waals surface area (Å²) in [5.74, 6) is 5.57. The van der Waals surface area contributed by atoms with Crippen LogP contribution in [0.2, 0.25) is 0 Å². The Morgan fingerprint density at radius 2 is 2.21 bits per heavy atom. The van der Waals surface area contributed by atoms with Crippen molar-refractivity contribution >= 4 is 11.6 Å². The monoisotopic (exact) mass is 261 g/mol. The lowest BCUT2D eigenvalue weighted by Crippen LogP contribution is -2.53. The highest BCUT2D eigenvalue weighted by atomic mass is 16.2. The molecule has 1 aromatic carbocycles. The average Bonchev–Trinajstić information content (AvgIpc) is 2.33. The SMILES string of the molecule is Cc1ccc2c(c1)N(CC(=O)NN)C(C)(C)CC2C. The second kappa shape index (κ2) is 4.85. The van der Waals surface area contributed by atoms with E-state index in [0.29, 0.717) is 12.5 Å². The van der Waals surface area contributed by atoms with Gasteiger partial charge in [-0.3, -0.25) is 10.2 Å². The Morgan fingerprint density at radius 1 is 1.53 bits per heavy atom. The summed E-state index contributed by atoms with van der Waals surface area (Å²) in [5.41, 5.74) is 5.86. The van der Waals surface area contributed by atoms with Crippen LogP contribution in [-0.4, -0.2) is 18.0 Å². The molecule has 2 rings (SSSR count). The van der Waals surface area contributed by atoms with Gasteiger partial charge in [0.05, 0.1) is 6.54 Å². The average molecular weight is 261 g/mol. The Labute approximate surface area is 114 Å². The van der Waals surface area contributed by atoms with Crippen LogP contribution in [0.25, 0.3) is 0 Å². The lowest BCUT2D eigenvalue weighted by molar-refractivity contribution is -0.120. The van der Waals surface area contributed by atoms with Crippen molar-refractivity contribution in [1.82, 2.24) is 5.43 Å². The zero-order chi connectivity index (χ0) is 14.2. The van der Waals surface area contributed by atoms with Crippen molar-refractivity contribution in [2.24, 2.45) is 5.84 Å². The third-order valence-corrected chi connectivity index (χ3v) is 4.01. The maximum absolute atomic E-state index is 11.7. The molecule has 0 saturated carbocycles. The Morgan fingerprint density at radius 3 is 2.84 bits per heavy atom. The van der Waals surface area contributed by atoms with Gasteiger partial charge in [-0.1, -0.05) is 19.1 Å². The highest BCUT2D eigenvalue weighted by Crippen LogP contribution is 2.43. The van der Waals surface area contributed by atoms with Crippen molar-refractivity contribution in [2.75, 3.05) is 11.4 Å². The van der Waals surface area contributed by atoms with E-state index >= 15 is 0 Å². The van der Waals surface area contributed by atoms with E-state index in [0.717, 1.165) is 12.1 Å². The van der Waals surface area contributed by atoms with E-state index in [-0.39, 0.29) is 11.4 Å². The Bertz CT molecular complexity index is 496. The number of aryl methyl sites for hydroxylation is 1. The van der Waals surface area contributed by atoms with E-state index in [4.69, 9.17) is 5.84 Å². The fourth-order valence-electron chi connectivity index (χ4n) is 3.09. The van der Waals surface area contributed by atoms with Gasteiger partial charge >= 0.3 is 0 Å². The number of anilines is 1. The topological polar surface area (TPSA) is 58.4 Å². The van der Waals surface area contributed by atoms with Crippen LogP contribution in [-0.2, 0) is 4.79 Å². The molecule has 1 atom stereocenters. The van der Waals surface area contributed by atoms with Crippen LogP contribution in [0.5, 0.6) is 0 Å². The predicted octanol–water partition coefficient (Wildman–Crippen LogP) is 2.08. The summed E-state index contributed by atoms with van der Waals surface area (Å²) in [7, 11) is 0. The van der Waals surface area contributed by atoms with Gasteiger partial charge in [0.25, 0.3) is 5.91 Å². The smallest absolute Gasteiger partial charge is 0.253 e. The molecule has 104 valence electrons. The van der Waals surface area contributed by atoms with Gasteiger partial charge in [-0.15, -0.1) is 0 Å². The highest BCUT2D eigenvalue weighted by Gasteiger charge is 2.37. The van der Waals surface area contributed by atoms with Crippen LogP contribution >= 0.6 is 0 Å². The van der Waals surface area contributed by atoms with Crippen LogP contribution in [0, 0.1) is 6.92 Å². The molecular weight excluding hydrogens is 238 g/mol. The van der Waals surface area contributed by atoms with Gasteiger partial charge in [0.15, 0.2) is 0 Å². The number of rotatable bonds is 2. The van der Waals surface area contributed by atoms with E-state index < -0.39 is 0 Å². The molecule has 0 aliphatic carbocycles. The van der Waals surface area contributed by atoms with Crippen molar-refractivity contribution < 1.29 is 4.79 Å². The van der Waals surface area contributed by atoms with Gasteiger partial charge in [-0.25, -0.2) is 5.84 Å². The van der Waals surface area contributed by atoms with Crippen molar-refractivity contribution in [3.05, 3.63) is 29.3 Å². The highest BCUT2D eigenvalue weighted by molar-refractivity contribution is 5.82. The minimum absolute atomic E-state index is 0.0489. The molecule has 1 amide bonds. The lowest BCUT2D eigenvalue weighted by Gasteiger charge is -2.47. The Balaban J connectivity index is 2.47. The van der Waals surface area contributed by atoms with Crippen LogP contribution in [0.4, 0.5) is 5.69 Å². The molecule has 1 unspecified atom stereocenters. The lowest BCUT2D eigenvalue weighted by atomic mass is 9.79. The number of benzene rings is 1. The maximum Gasteiger partial charge on any atom is 0.253 e. The molecule has 1 aromatic rings. The zero-order valence-electron chi connectivity index (χ0n) is 12.2. The minimum atomic E-state index is -0.157. The number of nitrogens with zero attached hydrogens (tertiary/aromatic N) is 1. The number of fused-ring (bicyclic) bond motifs is 1. The van der Waals surface area contributed by atoms with E-state index in [1.807, 2.05) is 0 Å². The first-order chi connectivity index (χ1) is 8.85. The molecule has 0 radical (unpaired) electrons. The van der Waals surface area contributed by atoms with Crippen molar-refractivity contribution in [1.29, 1.82) is 0 Å². The molecule has 0 aromatic heterocycles. The van der Waals surface area contributed by atoms with Crippen LogP contribution in [0.1, 0.15) is 44.2 Å². The first kappa shape index (κ1) is 13.9. The number of nitrogens with one attached hydrogen (secondary N) is 1. The first-order valence-electron chi connectivity index (χ1n) is 6.73. The van der Waals surface area contributed by atoms with Crippen LogP contribution in [0.3, 0.4) is 0 Å². The summed E-state index contributed by atoms with van der Waals surface area (Å²) in [6, 6.07) is 6.48. The van der Waals surface area contributed by atoms with E-state index in [1.165, 1.54) is 11.1 Å². The Kier molecular flexibility index (Phi) is 3.54. The van der Waals surface area contributed by atoms with Crippen molar-refractivity contribution in [3.8, 4) is 0 Å². The second-order valence-corrected chi connectivity index (χ2v) is 6.13. The molecule has 0 fully saturated rings. The first-order valence-corrected chi connectivity index (χ1v) is 6.73. The molecule has 0 saturated heterocycles. The van der Waals surface area contributed by atoms with Crippen molar-refractivity contribution in [2.45, 2.75) is 45.6 Å². The fourth-order valence-corrected chi connectivity index (χ4v) is 3.09. The van der Waals surface area contributed by atoms with Gasteiger partial charge in [0, 0.05) is 11.2 Å². The zero-order valence-corrected chi connectivity index (χ0v) is 12.2. The van der Waals surface area contributed by atoms with E-state index in [9.17, 15) is 4.79 Å². The summed E-state index contributed by atoms with van der Waals surface area (Å²) in [6.07, 6.45) is 1.03. The summed E-state index contributed by atoms with van der Waals surface area (Å²) in [4.78, 5) is 13.8. The van der Waals surface area contributed by atoms with Gasteiger partial charge in [-0.2, -0.15) is 0 Å². The van der Waals surface area contributed by atoms with Gasteiger partial charge < -0.3 is 4.90 Å². The Hall–Kier alpha value is -1.55. The molecular formula is C15H23N3O. The van der Waals surface area contributed by atoms with Crippen LogP contribution < -0.4 is 16.2 Å². The number of hydrogen-bond donors (Lipinski definition) is 2. The molecule has 0 spiro atoms. The summed E-state index contributed by atoms with van der Waals surface area (Å²) >= 11 is 0. The molecule has 1 aliphatic heterocycles. The van der Waals surface area contributed by atoms with E-state index in [2.05, 4.69) is 56.2 Å². The quantitative estimate of drug-likeness (QED) is 0.487. The largest absolute Gasteiger partial charge is 0.357 e. The third-order valence-electron chi connectivity index (χ3n) is 4.01. The number of hydrogen-bond acceptors (Lipinski definition) is 3. The second-order valence-electron chi connectivity index (χ2n) is 6.13. The summed E-state index contributed by atoms with van der Waals surface area (Å²) < 4.78 is 0. The molecule has 4 nitrogen and oxygen atoms in total. The third kappa shape index (κ3) is 2.59. The van der Waals surface area contributed by atoms with E-state index in [1.54, 1.807) is 0 Å². The normalized spacial score (nSPS) is 20.9. The number of carbonyl (C=O) groups is 1. The molecule has 0 bridgehead atoms. The number of carbonyl (C=O) groups excluding carboxylic acids is 1. The molecule has 1 aliphatic rings. The standard InChI is InChI=1S/C15H23N3O/c1-10-5-6-12-11(2)8-15(3,4)18(13(12)7-10)9-14(19)17-16/h5-7,11H,8-9,16H2,1-4H3,(H,17,19). The van der Waals surface area contributed by atoms with Crippen molar-refractivity contribution in [3.63, 3.8) is 0 Å². The van der Waals surface area contributed by atoms with Gasteiger partial charge in [0.1, 0.15) is 0 Å². The number of nitrogens with two attached hydrogens (primary N) is 1. The predicted molar refractivity (Wildman–Crippen MR) is 78.0 cm³/mol. The minimum Gasteiger partial charge on any atom is -0.357 e. The fraction of sp³-hybridized carbons (Fsp3) is 0.533. The van der Waals surface area contributed by atoms with Gasteiger partial charge in [-0.05, 0) is 50.3 Å². The van der Waals surface area contributed by atoms with Gasteiger partial charge in [0.2, 0.25) is 0 Å². The summed E-state index contributed by atoms with van der Waals surface area (Å²) in [6.45, 7) is 8.98. The number of hydrazine groups is 1. The maximum atomic E-state index is 11.7. The molecule has 19 heavy (non-hydrogen) atoms. The molecule has 1 heterocycles.